The van der Waals surface area contributed by atoms with E-state index >= 15 is 0 Å². The van der Waals surface area contributed by atoms with Gasteiger partial charge in [0.05, 0.1) is 24.6 Å². The molecule has 0 fully saturated rings. The normalized spacial score (nSPS) is 10.6. The summed E-state index contributed by atoms with van der Waals surface area (Å²) in [6.07, 6.45) is 4.36. The summed E-state index contributed by atoms with van der Waals surface area (Å²) in [5.41, 5.74) is 1.81. The standard InChI is InChI=1S/C13H20N6O/c1-18(2)13-5-4-11(8-15-13)14-9-12-10-19(17-16-12)6-3-7-20/h4-5,8,10,14,20H,3,6-7,9H2,1-2H3. The van der Waals surface area contributed by atoms with E-state index in [1.165, 1.54) is 0 Å². The van der Waals surface area contributed by atoms with Gasteiger partial charge < -0.3 is 15.3 Å². The first-order valence-corrected chi connectivity index (χ1v) is 6.56. The molecule has 0 atom stereocenters. The van der Waals surface area contributed by atoms with Crippen LogP contribution in [0.4, 0.5) is 11.5 Å². The lowest BCUT2D eigenvalue weighted by atomic mass is 10.3. The van der Waals surface area contributed by atoms with Crippen LogP contribution in [0.1, 0.15) is 12.1 Å². The van der Waals surface area contributed by atoms with Gasteiger partial charge >= 0.3 is 0 Å². The Kier molecular flexibility index (Phi) is 4.89. The second kappa shape index (κ2) is 6.85. The van der Waals surface area contributed by atoms with Gasteiger partial charge in [0.1, 0.15) is 11.5 Å². The number of aromatic nitrogens is 4. The van der Waals surface area contributed by atoms with Crippen molar-refractivity contribution in [3.8, 4) is 0 Å². The minimum atomic E-state index is 0.164. The van der Waals surface area contributed by atoms with Crippen LogP contribution in [-0.2, 0) is 13.1 Å². The molecule has 0 saturated carbocycles. The summed E-state index contributed by atoms with van der Waals surface area (Å²) in [4.78, 5) is 6.29. The minimum Gasteiger partial charge on any atom is -0.396 e. The predicted octanol–water partition coefficient (Wildman–Crippen LogP) is 0.734. The maximum absolute atomic E-state index is 8.76. The van der Waals surface area contributed by atoms with Crippen LogP contribution >= 0.6 is 0 Å². The van der Waals surface area contributed by atoms with Crippen LogP contribution in [0.3, 0.4) is 0 Å². The second-order valence-corrected chi connectivity index (χ2v) is 4.70. The third-order valence-corrected chi connectivity index (χ3v) is 2.81. The van der Waals surface area contributed by atoms with Crippen molar-refractivity contribution in [2.45, 2.75) is 19.5 Å². The van der Waals surface area contributed by atoms with E-state index in [0.29, 0.717) is 19.5 Å². The molecule has 0 unspecified atom stereocenters. The van der Waals surface area contributed by atoms with Crippen molar-refractivity contribution in [2.75, 3.05) is 30.9 Å². The van der Waals surface area contributed by atoms with E-state index in [4.69, 9.17) is 5.11 Å². The molecule has 0 amide bonds. The molecule has 2 N–H and O–H groups in total. The highest BCUT2D eigenvalue weighted by Crippen LogP contribution is 2.12. The zero-order valence-corrected chi connectivity index (χ0v) is 11.8. The molecular weight excluding hydrogens is 256 g/mol. The predicted molar refractivity (Wildman–Crippen MR) is 77.6 cm³/mol. The van der Waals surface area contributed by atoms with Gasteiger partial charge in [0, 0.05) is 27.2 Å². The second-order valence-electron chi connectivity index (χ2n) is 4.70. The minimum absolute atomic E-state index is 0.164. The quantitative estimate of drug-likeness (QED) is 0.776. The van der Waals surface area contributed by atoms with Gasteiger partial charge in [-0.05, 0) is 18.6 Å². The third-order valence-electron chi connectivity index (χ3n) is 2.81. The highest BCUT2D eigenvalue weighted by atomic mass is 16.3. The van der Waals surface area contributed by atoms with Gasteiger partial charge in [0.25, 0.3) is 0 Å². The molecular formula is C13H20N6O. The van der Waals surface area contributed by atoms with Crippen LogP contribution < -0.4 is 10.2 Å². The Balaban J connectivity index is 1.86. The van der Waals surface area contributed by atoms with Crippen molar-refractivity contribution in [3.63, 3.8) is 0 Å². The lowest BCUT2D eigenvalue weighted by Gasteiger charge is -2.11. The first-order chi connectivity index (χ1) is 9.69. The highest BCUT2D eigenvalue weighted by Gasteiger charge is 2.02. The van der Waals surface area contributed by atoms with Gasteiger partial charge in [0.2, 0.25) is 0 Å². The van der Waals surface area contributed by atoms with Crippen molar-refractivity contribution in [2.24, 2.45) is 0 Å². The van der Waals surface area contributed by atoms with E-state index in [0.717, 1.165) is 17.2 Å². The molecule has 0 aliphatic heterocycles. The Labute approximate surface area is 118 Å². The topological polar surface area (TPSA) is 79.1 Å². The number of aliphatic hydroxyl groups excluding tert-OH is 1. The fraction of sp³-hybridized carbons (Fsp3) is 0.462. The SMILES string of the molecule is CN(C)c1ccc(NCc2cn(CCCO)nn2)cn1. The fourth-order valence-electron chi connectivity index (χ4n) is 1.71. The summed E-state index contributed by atoms with van der Waals surface area (Å²) < 4.78 is 1.74. The van der Waals surface area contributed by atoms with Crippen molar-refractivity contribution in [3.05, 3.63) is 30.2 Å². The van der Waals surface area contributed by atoms with Gasteiger partial charge in [-0.15, -0.1) is 5.10 Å². The van der Waals surface area contributed by atoms with Crippen LogP contribution in [0.25, 0.3) is 0 Å². The number of nitrogens with one attached hydrogen (secondary N) is 1. The molecule has 0 spiro atoms. The van der Waals surface area contributed by atoms with Crippen LogP contribution in [-0.4, -0.2) is 45.8 Å². The smallest absolute Gasteiger partial charge is 0.128 e. The Hall–Kier alpha value is -2.15. The fourth-order valence-corrected chi connectivity index (χ4v) is 1.71. The Morgan fingerprint density at radius 1 is 1.35 bits per heavy atom. The zero-order chi connectivity index (χ0) is 14.4. The van der Waals surface area contributed by atoms with Crippen molar-refractivity contribution in [1.82, 2.24) is 20.0 Å². The van der Waals surface area contributed by atoms with E-state index in [2.05, 4.69) is 20.6 Å². The molecule has 0 aromatic carbocycles. The van der Waals surface area contributed by atoms with Crippen molar-refractivity contribution in [1.29, 1.82) is 0 Å². The molecule has 20 heavy (non-hydrogen) atoms. The summed E-state index contributed by atoms with van der Waals surface area (Å²) >= 11 is 0. The molecule has 0 radical (unpaired) electrons. The number of aliphatic hydroxyl groups is 1. The molecule has 2 aromatic heterocycles. The van der Waals surface area contributed by atoms with E-state index in [1.54, 1.807) is 10.9 Å². The summed E-state index contributed by atoms with van der Waals surface area (Å²) in [6.45, 7) is 1.45. The number of nitrogens with zero attached hydrogens (tertiary/aromatic N) is 5. The van der Waals surface area contributed by atoms with Crippen molar-refractivity contribution < 1.29 is 5.11 Å². The van der Waals surface area contributed by atoms with E-state index in [1.807, 2.05) is 37.3 Å². The van der Waals surface area contributed by atoms with E-state index in [9.17, 15) is 0 Å². The Morgan fingerprint density at radius 3 is 2.85 bits per heavy atom. The number of pyridine rings is 1. The van der Waals surface area contributed by atoms with Crippen LogP contribution in [0.5, 0.6) is 0 Å². The molecule has 0 bridgehead atoms. The number of hydrogen-bond donors (Lipinski definition) is 2. The molecule has 2 heterocycles. The molecule has 7 heteroatoms. The molecule has 7 nitrogen and oxygen atoms in total. The summed E-state index contributed by atoms with van der Waals surface area (Å²) in [5, 5.41) is 20.1. The lowest BCUT2D eigenvalue weighted by Crippen LogP contribution is -2.10. The maximum Gasteiger partial charge on any atom is 0.128 e. The number of rotatable bonds is 7. The molecule has 2 rings (SSSR count). The van der Waals surface area contributed by atoms with Gasteiger partial charge in [-0.3, -0.25) is 4.68 Å². The number of hydrogen-bond acceptors (Lipinski definition) is 6. The van der Waals surface area contributed by atoms with Crippen molar-refractivity contribution >= 4 is 11.5 Å². The monoisotopic (exact) mass is 276 g/mol. The van der Waals surface area contributed by atoms with Gasteiger partial charge in [-0.2, -0.15) is 0 Å². The zero-order valence-electron chi connectivity index (χ0n) is 11.8. The number of aryl methyl sites for hydroxylation is 1. The maximum atomic E-state index is 8.76. The first-order valence-electron chi connectivity index (χ1n) is 6.56. The molecule has 108 valence electrons. The summed E-state index contributed by atoms with van der Waals surface area (Å²) in [7, 11) is 3.92. The molecule has 2 aromatic rings. The average molecular weight is 276 g/mol. The van der Waals surface area contributed by atoms with Crippen LogP contribution in [0.2, 0.25) is 0 Å². The van der Waals surface area contributed by atoms with E-state index < -0.39 is 0 Å². The summed E-state index contributed by atoms with van der Waals surface area (Å²) in [5.74, 6) is 0.922. The van der Waals surface area contributed by atoms with Crippen LogP contribution in [0.15, 0.2) is 24.5 Å². The molecule has 0 saturated heterocycles. The Bertz CT molecular complexity index is 522. The third kappa shape index (κ3) is 3.92. The molecule has 0 aliphatic rings. The van der Waals surface area contributed by atoms with Gasteiger partial charge in [-0.25, -0.2) is 4.98 Å². The number of anilines is 2. The Morgan fingerprint density at radius 2 is 2.20 bits per heavy atom. The van der Waals surface area contributed by atoms with Gasteiger partial charge in [0.15, 0.2) is 0 Å². The lowest BCUT2D eigenvalue weighted by molar-refractivity contribution is 0.276. The molecule has 0 aliphatic carbocycles. The average Bonchev–Trinajstić information content (AvgIpc) is 2.91. The van der Waals surface area contributed by atoms with Gasteiger partial charge in [-0.1, -0.05) is 5.21 Å². The van der Waals surface area contributed by atoms with Crippen LogP contribution in [0, 0.1) is 0 Å². The highest BCUT2D eigenvalue weighted by molar-refractivity contribution is 5.47. The largest absolute Gasteiger partial charge is 0.396 e. The summed E-state index contributed by atoms with van der Waals surface area (Å²) in [6, 6.07) is 3.94. The van der Waals surface area contributed by atoms with E-state index in [-0.39, 0.29) is 6.61 Å². The first kappa shape index (κ1) is 14.3.